The molecule has 0 radical (unpaired) electrons. The lowest BCUT2D eigenvalue weighted by Crippen LogP contribution is -2.64. The molecule has 4 nitrogen and oxygen atoms in total. The number of benzene rings is 1. The van der Waals surface area contributed by atoms with E-state index in [0.29, 0.717) is 11.1 Å². The zero-order valence-corrected chi connectivity index (χ0v) is 11.7. The van der Waals surface area contributed by atoms with Crippen LogP contribution in [0.2, 0.25) is 0 Å². The molecule has 2 heterocycles. The Morgan fingerprint density at radius 1 is 1.55 bits per heavy atom. The zero-order chi connectivity index (χ0) is 22.7. The van der Waals surface area contributed by atoms with Gasteiger partial charge in [-0.3, -0.25) is 0 Å². The van der Waals surface area contributed by atoms with E-state index in [1.807, 2.05) is 0 Å². The summed E-state index contributed by atoms with van der Waals surface area (Å²) in [4.78, 5) is 1.38. The van der Waals surface area contributed by atoms with Crippen LogP contribution in [-0.2, 0) is 11.8 Å². The highest BCUT2D eigenvalue weighted by Gasteiger charge is 2.64. The molecule has 1 aromatic carbocycles. The maximum Gasteiger partial charge on any atom is 0.165 e. The van der Waals surface area contributed by atoms with E-state index in [4.69, 9.17) is 21.8 Å². The van der Waals surface area contributed by atoms with Gasteiger partial charge in [-0.25, -0.2) is 0 Å². The number of aliphatic hydroxyl groups excluding tert-OH is 1. The Labute approximate surface area is 143 Å². The van der Waals surface area contributed by atoms with Crippen LogP contribution in [0.5, 0.6) is 11.5 Å². The SMILES string of the molecule is [2H]c1c([2H])c(OC([2H])([2H])[2H])c2c3c1C[C@@H]1[C@@H]4C=CC(O)C([2H])(O2)[C@]34CCN1C([2H])([2H])[2H]. The molecular formula is C18H21NO3. The number of piperidine rings is 1. The molecule has 5 rings (SSSR count). The van der Waals surface area contributed by atoms with Gasteiger partial charge in [0.05, 0.1) is 15.3 Å². The molecule has 4 aliphatic rings. The smallest absolute Gasteiger partial charge is 0.165 e. The Hall–Kier alpha value is -1.52. The van der Waals surface area contributed by atoms with E-state index >= 15 is 0 Å². The minimum absolute atomic E-state index is 0.101. The van der Waals surface area contributed by atoms with Gasteiger partial charge in [-0.2, -0.15) is 0 Å². The molecule has 1 spiro atoms. The monoisotopic (exact) mass is 308 g/mol. The molecule has 4 heteroatoms. The number of likely N-dealkylation sites (N-methyl/N-ethyl adjacent to an activating group) is 1. The van der Waals surface area contributed by atoms with Crippen LogP contribution >= 0.6 is 0 Å². The van der Waals surface area contributed by atoms with Gasteiger partial charge in [-0.15, -0.1) is 0 Å². The third-order valence-corrected chi connectivity index (χ3v) is 5.58. The maximum atomic E-state index is 10.8. The maximum absolute atomic E-state index is 10.8. The Bertz CT molecular complexity index is 1010. The summed E-state index contributed by atoms with van der Waals surface area (Å²) < 4.78 is 83.3. The fourth-order valence-corrected chi connectivity index (χ4v) is 4.73. The van der Waals surface area contributed by atoms with E-state index in [1.54, 1.807) is 6.08 Å². The number of aliphatic hydroxyl groups is 1. The van der Waals surface area contributed by atoms with Crippen molar-refractivity contribution >= 4 is 0 Å². The van der Waals surface area contributed by atoms with Gasteiger partial charge in [0, 0.05) is 27.1 Å². The van der Waals surface area contributed by atoms with Crippen LogP contribution in [0.15, 0.2) is 24.2 Å². The van der Waals surface area contributed by atoms with Crippen molar-refractivity contribution in [2.75, 3.05) is 20.6 Å². The van der Waals surface area contributed by atoms with Crippen molar-refractivity contribution in [3.8, 4) is 11.5 Å². The second kappa shape index (κ2) is 4.06. The summed E-state index contributed by atoms with van der Waals surface area (Å²) >= 11 is 0. The molecule has 2 aliphatic carbocycles. The van der Waals surface area contributed by atoms with E-state index in [9.17, 15) is 5.11 Å². The Kier molecular flexibility index (Phi) is 1.28. The van der Waals surface area contributed by atoms with E-state index in [0.717, 1.165) is 0 Å². The number of hydrogen-bond acceptors (Lipinski definition) is 4. The highest BCUT2D eigenvalue weighted by atomic mass is 16.5. The standard InChI is InChI=1S/C18H21NO3/c1-19-8-7-18-11-4-5-13(20)17(18)22-16-14(21-2)6-3-10(15(16)18)9-12(11)19/h3-6,11-13,17,20H,7-9H2,1-2H3/t11-,12+,13?,17?,18-/m0/s1/i1D3,2D3,3D,6D,17D. The molecule has 2 unspecified atom stereocenters. The number of methoxy groups -OCH3 is 1. The second-order valence-electron chi connectivity index (χ2n) is 6.37. The summed E-state index contributed by atoms with van der Waals surface area (Å²) in [5.74, 6) is -1.05. The quantitative estimate of drug-likeness (QED) is 0.799. The lowest BCUT2D eigenvalue weighted by Gasteiger charge is -2.56. The fourth-order valence-electron chi connectivity index (χ4n) is 4.73. The molecule has 116 valence electrons. The van der Waals surface area contributed by atoms with Gasteiger partial charge in [-0.05, 0) is 38.0 Å². The molecule has 0 saturated carbocycles. The first-order valence-electron chi connectivity index (χ1n) is 11.9. The zero-order valence-electron chi connectivity index (χ0n) is 20.7. The summed E-state index contributed by atoms with van der Waals surface area (Å²) in [6.45, 7) is -2.27. The van der Waals surface area contributed by atoms with Crippen LogP contribution < -0.4 is 9.47 Å². The average Bonchev–Trinajstić information content (AvgIpc) is 2.90. The number of rotatable bonds is 1. The average molecular weight is 308 g/mol. The van der Waals surface area contributed by atoms with Gasteiger partial charge in [0.15, 0.2) is 11.5 Å². The lowest BCUT2D eigenvalue weighted by atomic mass is 9.53. The highest BCUT2D eigenvalue weighted by Crippen LogP contribution is 2.62. The topological polar surface area (TPSA) is 41.9 Å². The molecule has 1 aromatic rings. The minimum Gasteiger partial charge on any atom is -0.493 e. The van der Waals surface area contributed by atoms with Crippen LogP contribution in [0.3, 0.4) is 0 Å². The largest absolute Gasteiger partial charge is 0.493 e. The highest BCUT2D eigenvalue weighted by molar-refractivity contribution is 5.62. The molecule has 2 bridgehead atoms. The molecule has 0 amide bonds. The van der Waals surface area contributed by atoms with Gasteiger partial charge < -0.3 is 19.5 Å². The van der Waals surface area contributed by atoms with Crippen molar-refractivity contribution in [1.29, 1.82) is 0 Å². The van der Waals surface area contributed by atoms with Crippen LogP contribution in [0.25, 0.3) is 0 Å². The van der Waals surface area contributed by atoms with E-state index < -0.39 is 55.4 Å². The first kappa shape index (κ1) is 6.93. The van der Waals surface area contributed by atoms with Crippen molar-refractivity contribution in [3.63, 3.8) is 0 Å². The molecule has 1 fully saturated rings. The Morgan fingerprint density at radius 3 is 3.36 bits per heavy atom. The first-order valence-corrected chi connectivity index (χ1v) is 7.40. The second-order valence-corrected chi connectivity index (χ2v) is 6.37. The summed E-state index contributed by atoms with van der Waals surface area (Å²) in [5, 5.41) is 10.8. The van der Waals surface area contributed by atoms with E-state index in [1.165, 1.54) is 11.0 Å². The Morgan fingerprint density at radius 2 is 2.50 bits per heavy atom. The normalized spacial score (nSPS) is 51.5. The predicted molar refractivity (Wildman–Crippen MR) is 82.5 cm³/mol. The molecule has 1 saturated heterocycles. The van der Waals surface area contributed by atoms with Crippen molar-refractivity contribution in [2.24, 2.45) is 5.92 Å². The summed E-state index contributed by atoms with van der Waals surface area (Å²) in [7, 11) is -2.91. The summed E-state index contributed by atoms with van der Waals surface area (Å²) in [6.07, 6.45) is 0.0786. The van der Waals surface area contributed by atoms with Gasteiger partial charge in [0.1, 0.15) is 12.2 Å². The van der Waals surface area contributed by atoms with Crippen LogP contribution in [-0.4, -0.2) is 48.8 Å². The van der Waals surface area contributed by atoms with Crippen LogP contribution in [0.1, 0.15) is 29.9 Å². The number of ether oxygens (including phenoxy) is 2. The molecule has 2 aliphatic heterocycles. The number of nitrogens with zero attached hydrogens (tertiary/aromatic N) is 1. The van der Waals surface area contributed by atoms with Gasteiger partial charge >= 0.3 is 0 Å². The molecule has 0 aromatic heterocycles. The first-order chi connectivity index (χ1) is 14.2. The fraction of sp³-hybridized carbons (Fsp3) is 0.556. The minimum atomic E-state index is -2.91. The Balaban J connectivity index is 1.82. The molecule has 5 atom stereocenters. The van der Waals surface area contributed by atoms with Gasteiger partial charge in [-0.1, -0.05) is 18.2 Å². The third-order valence-electron chi connectivity index (χ3n) is 5.58. The van der Waals surface area contributed by atoms with Crippen molar-refractivity contribution in [1.82, 2.24) is 4.90 Å². The van der Waals surface area contributed by atoms with Crippen LogP contribution in [0.4, 0.5) is 0 Å². The summed E-state index contributed by atoms with van der Waals surface area (Å²) in [5.41, 5.74) is -0.436. The predicted octanol–water partition coefficient (Wildman–Crippen LogP) is 1.50. The molecule has 1 N–H and O–H groups in total. The van der Waals surface area contributed by atoms with Crippen molar-refractivity contribution < 1.29 is 26.9 Å². The number of hydrogen-bond donors (Lipinski definition) is 1. The third kappa shape index (κ3) is 1.28. The van der Waals surface area contributed by atoms with Crippen molar-refractivity contribution in [3.05, 3.63) is 35.4 Å². The van der Waals surface area contributed by atoms with Crippen LogP contribution in [0, 0.1) is 5.92 Å². The van der Waals surface area contributed by atoms with Crippen molar-refractivity contribution in [2.45, 2.75) is 36.5 Å². The summed E-state index contributed by atoms with van der Waals surface area (Å²) in [6, 6.07) is -1.36. The van der Waals surface area contributed by atoms with Gasteiger partial charge in [0.2, 0.25) is 0 Å². The molecule has 22 heavy (non-hydrogen) atoms. The molecular weight excluding hydrogens is 278 g/mol. The van der Waals surface area contributed by atoms with E-state index in [-0.39, 0.29) is 31.2 Å². The lowest BCUT2D eigenvalue weighted by molar-refractivity contribution is -0.0453. The number of likely N-dealkylation sites (tertiary alicyclic amines) is 1. The van der Waals surface area contributed by atoms with E-state index in [2.05, 4.69) is 0 Å². The van der Waals surface area contributed by atoms with Gasteiger partial charge in [0.25, 0.3) is 0 Å².